The van der Waals surface area contributed by atoms with Crippen LogP contribution >= 0.6 is 0 Å². The average molecular weight is 446 g/mol. The highest BCUT2D eigenvalue weighted by Gasteiger charge is 2.18. The number of rotatable bonds is 15. The fourth-order valence-electron chi connectivity index (χ4n) is 1.89. The van der Waals surface area contributed by atoms with Crippen molar-refractivity contribution < 1.29 is 38.8 Å². The summed E-state index contributed by atoms with van der Waals surface area (Å²) < 4.78 is 15.7. The molecule has 0 heterocycles. The number of alkyl carbamates (subject to hydrolysis) is 2. The first kappa shape index (κ1) is 28.4. The minimum Gasteiger partial charge on any atom is -0.446 e. The summed E-state index contributed by atoms with van der Waals surface area (Å²) in [6.07, 6.45) is -1.70. The van der Waals surface area contributed by atoms with E-state index < -0.39 is 18.3 Å². The molecule has 11 heteroatoms. The van der Waals surface area contributed by atoms with Gasteiger partial charge in [-0.25, -0.2) is 9.59 Å². The van der Waals surface area contributed by atoms with Gasteiger partial charge in [0.1, 0.15) is 19.3 Å². The number of hydrogen-bond acceptors (Lipinski definition) is 8. The molecule has 0 radical (unpaired) electrons. The molecule has 2 unspecified atom stereocenters. The molecular weight excluding hydrogens is 410 g/mol. The van der Waals surface area contributed by atoms with Crippen molar-refractivity contribution in [3.05, 3.63) is 24.6 Å². The molecule has 0 aliphatic carbocycles. The monoisotopic (exact) mass is 445 g/mol. The van der Waals surface area contributed by atoms with Gasteiger partial charge in [0, 0.05) is 43.3 Å². The molecule has 3 amide bonds. The van der Waals surface area contributed by atoms with Gasteiger partial charge in [-0.15, -0.1) is 0 Å². The molecule has 0 aliphatic heterocycles. The van der Waals surface area contributed by atoms with Crippen molar-refractivity contribution in [2.75, 3.05) is 40.1 Å². The van der Waals surface area contributed by atoms with Crippen LogP contribution in [0, 0.1) is 11.8 Å². The number of amides is 3. The molecule has 0 saturated heterocycles. The third kappa shape index (κ3) is 13.3. The standard InChI is InChI=1S/C20H35N3O8/c1-13(9-24)15(3)22-19(27)30-11-17(29-8-6-7-18(26)21-5)12-31-20(28)23-16(4)14(2)10-25/h13-14,17,24-25H,3-4,6-12H2,1-2,5H3,(H,21,26)(H,22,27)(H,23,28). The number of carbonyl (C=O) groups is 3. The van der Waals surface area contributed by atoms with Crippen LogP contribution in [-0.4, -0.2) is 74.5 Å². The maximum atomic E-state index is 11.9. The van der Waals surface area contributed by atoms with E-state index in [1.807, 2.05) is 0 Å². The van der Waals surface area contributed by atoms with Crippen LogP contribution in [0.2, 0.25) is 0 Å². The van der Waals surface area contributed by atoms with E-state index in [2.05, 4.69) is 29.1 Å². The Morgan fingerprint density at radius 2 is 1.35 bits per heavy atom. The summed E-state index contributed by atoms with van der Waals surface area (Å²) in [6.45, 7) is 10.00. The van der Waals surface area contributed by atoms with E-state index in [0.717, 1.165) is 0 Å². The Bertz CT molecular complexity index is 571. The summed E-state index contributed by atoms with van der Waals surface area (Å²) in [5, 5.41) is 25.5. The van der Waals surface area contributed by atoms with E-state index in [9.17, 15) is 14.4 Å². The Kier molecular flexibility index (Phi) is 14.7. The van der Waals surface area contributed by atoms with Gasteiger partial charge >= 0.3 is 12.2 Å². The quantitative estimate of drug-likeness (QED) is 0.230. The van der Waals surface area contributed by atoms with Crippen LogP contribution in [0.1, 0.15) is 26.7 Å². The van der Waals surface area contributed by atoms with E-state index >= 15 is 0 Å². The van der Waals surface area contributed by atoms with Gasteiger partial charge in [-0.05, 0) is 6.42 Å². The third-order valence-electron chi connectivity index (χ3n) is 4.24. The Labute approximate surface area is 182 Å². The molecule has 0 aromatic carbocycles. The van der Waals surface area contributed by atoms with Crippen molar-refractivity contribution in [2.24, 2.45) is 11.8 Å². The molecule has 0 fully saturated rings. The van der Waals surface area contributed by atoms with Crippen LogP contribution in [0.25, 0.3) is 0 Å². The van der Waals surface area contributed by atoms with Crippen molar-refractivity contribution in [3.8, 4) is 0 Å². The van der Waals surface area contributed by atoms with Gasteiger partial charge in [0.05, 0.1) is 13.2 Å². The van der Waals surface area contributed by atoms with Crippen molar-refractivity contribution in [1.29, 1.82) is 0 Å². The molecule has 5 N–H and O–H groups in total. The minimum absolute atomic E-state index is 0.139. The topological polar surface area (TPSA) is 155 Å². The molecular formula is C20H35N3O8. The summed E-state index contributed by atoms with van der Waals surface area (Å²) in [5.41, 5.74) is 0.588. The predicted octanol–water partition coefficient (Wildman–Crippen LogP) is 0.634. The number of nitrogens with one attached hydrogen (secondary N) is 3. The van der Waals surface area contributed by atoms with E-state index in [0.29, 0.717) is 17.8 Å². The normalized spacial score (nSPS) is 13.3. The van der Waals surface area contributed by atoms with E-state index in [-0.39, 0.29) is 57.2 Å². The van der Waals surface area contributed by atoms with Gasteiger partial charge in [-0.1, -0.05) is 27.0 Å². The van der Waals surface area contributed by atoms with Crippen LogP contribution in [-0.2, 0) is 19.0 Å². The Hall–Kier alpha value is -2.63. The molecule has 0 rings (SSSR count). The first-order valence-corrected chi connectivity index (χ1v) is 9.93. The van der Waals surface area contributed by atoms with Gasteiger partial charge < -0.3 is 29.7 Å². The molecule has 2 atom stereocenters. The van der Waals surface area contributed by atoms with Crippen LogP contribution in [0.5, 0.6) is 0 Å². The summed E-state index contributed by atoms with van der Waals surface area (Å²) in [5.74, 6) is -0.823. The summed E-state index contributed by atoms with van der Waals surface area (Å²) in [6, 6.07) is 0. The first-order chi connectivity index (χ1) is 14.6. The number of carbonyl (C=O) groups excluding carboxylic acids is 3. The maximum absolute atomic E-state index is 11.9. The lowest BCUT2D eigenvalue weighted by Crippen LogP contribution is -2.35. The summed E-state index contributed by atoms with van der Waals surface area (Å²) in [4.78, 5) is 35.1. The smallest absolute Gasteiger partial charge is 0.411 e. The van der Waals surface area contributed by atoms with Crippen molar-refractivity contribution in [1.82, 2.24) is 16.0 Å². The van der Waals surface area contributed by atoms with Gasteiger partial charge in [0.2, 0.25) is 5.91 Å². The van der Waals surface area contributed by atoms with E-state index in [1.165, 1.54) is 7.05 Å². The largest absolute Gasteiger partial charge is 0.446 e. The molecule has 11 nitrogen and oxygen atoms in total. The molecule has 0 aliphatic rings. The Morgan fingerprint density at radius 3 is 1.74 bits per heavy atom. The highest BCUT2D eigenvalue weighted by molar-refractivity contribution is 5.75. The van der Waals surface area contributed by atoms with Crippen LogP contribution < -0.4 is 16.0 Å². The number of hydrogen-bond donors (Lipinski definition) is 5. The Morgan fingerprint density at radius 1 is 0.903 bits per heavy atom. The second-order valence-electron chi connectivity index (χ2n) is 6.93. The molecule has 31 heavy (non-hydrogen) atoms. The molecule has 0 bridgehead atoms. The minimum atomic E-state index is -0.793. The van der Waals surface area contributed by atoms with Crippen molar-refractivity contribution in [3.63, 3.8) is 0 Å². The van der Waals surface area contributed by atoms with Gasteiger partial charge in [0.15, 0.2) is 0 Å². The summed E-state index contributed by atoms with van der Waals surface area (Å²) >= 11 is 0. The zero-order valence-electron chi connectivity index (χ0n) is 18.4. The van der Waals surface area contributed by atoms with Gasteiger partial charge in [-0.3, -0.25) is 15.4 Å². The Balaban J connectivity index is 4.64. The molecule has 0 aromatic heterocycles. The predicted molar refractivity (Wildman–Crippen MR) is 113 cm³/mol. The van der Waals surface area contributed by atoms with Crippen molar-refractivity contribution >= 4 is 18.1 Å². The molecule has 0 spiro atoms. The van der Waals surface area contributed by atoms with Crippen LogP contribution in [0.15, 0.2) is 24.6 Å². The fourth-order valence-corrected chi connectivity index (χ4v) is 1.89. The zero-order valence-corrected chi connectivity index (χ0v) is 18.4. The van der Waals surface area contributed by atoms with Gasteiger partial charge in [-0.2, -0.15) is 0 Å². The fraction of sp³-hybridized carbons (Fsp3) is 0.650. The highest BCUT2D eigenvalue weighted by Crippen LogP contribution is 2.06. The molecule has 0 aromatic rings. The van der Waals surface area contributed by atoms with E-state index in [1.54, 1.807) is 13.8 Å². The molecule has 178 valence electrons. The number of aliphatic hydroxyl groups is 2. The van der Waals surface area contributed by atoms with Crippen LogP contribution in [0.4, 0.5) is 9.59 Å². The number of ether oxygens (including phenoxy) is 3. The average Bonchev–Trinajstić information content (AvgIpc) is 2.75. The lowest BCUT2D eigenvalue weighted by atomic mass is 10.1. The number of aliphatic hydroxyl groups excluding tert-OH is 2. The SMILES string of the molecule is C=C(NC(=O)OCC(COC(=O)NC(=C)C(C)CO)OCCCC(=O)NC)C(C)CO. The van der Waals surface area contributed by atoms with Crippen LogP contribution in [0.3, 0.4) is 0 Å². The van der Waals surface area contributed by atoms with Crippen molar-refractivity contribution in [2.45, 2.75) is 32.8 Å². The third-order valence-corrected chi connectivity index (χ3v) is 4.24. The molecule has 0 saturated carbocycles. The second kappa shape index (κ2) is 16.1. The van der Waals surface area contributed by atoms with E-state index in [4.69, 9.17) is 24.4 Å². The zero-order chi connectivity index (χ0) is 23.8. The summed E-state index contributed by atoms with van der Waals surface area (Å²) in [7, 11) is 1.53. The lowest BCUT2D eigenvalue weighted by molar-refractivity contribution is -0.121. The highest BCUT2D eigenvalue weighted by atomic mass is 16.6. The van der Waals surface area contributed by atoms with Gasteiger partial charge in [0.25, 0.3) is 0 Å². The second-order valence-corrected chi connectivity index (χ2v) is 6.93. The maximum Gasteiger partial charge on any atom is 0.411 e. The first-order valence-electron chi connectivity index (χ1n) is 9.93. The lowest BCUT2D eigenvalue weighted by Gasteiger charge is -2.20.